The second-order valence-electron chi connectivity index (χ2n) is 3.50. The molecular weight excluding hydrogens is 220 g/mol. The Labute approximate surface area is 99.9 Å². The number of amides is 1. The smallest absolute Gasteiger partial charge is 0.315 e. The van der Waals surface area contributed by atoms with E-state index in [-0.39, 0.29) is 18.9 Å². The number of hydrogen-bond donors (Lipinski definition) is 2. The first-order valence-corrected chi connectivity index (χ1v) is 5.38. The summed E-state index contributed by atoms with van der Waals surface area (Å²) in [6, 6.07) is 7.15. The standard InChI is InChI=1S/C12H16N2O3/c1-2-17-12(16)7-11(15)14-8-9-3-5-10(13)6-4-9/h3-6H,2,7-8,13H2,1H3,(H,14,15). The Morgan fingerprint density at radius 3 is 2.53 bits per heavy atom. The first-order chi connectivity index (χ1) is 8.11. The summed E-state index contributed by atoms with van der Waals surface area (Å²) in [7, 11) is 0. The minimum Gasteiger partial charge on any atom is -0.466 e. The van der Waals surface area contributed by atoms with Crippen LogP contribution in [0.5, 0.6) is 0 Å². The molecule has 0 saturated heterocycles. The first-order valence-electron chi connectivity index (χ1n) is 5.38. The van der Waals surface area contributed by atoms with E-state index < -0.39 is 5.97 Å². The number of ether oxygens (including phenoxy) is 1. The average molecular weight is 236 g/mol. The molecule has 0 atom stereocenters. The number of nitrogen functional groups attached to an aromatic ring is 1. The van der Waals surface area contributed by atoms with Gasteiger partial charge >= 0.3 is 5.97 Å². The minimum absolute atomic E-state index is 0.247. The maximum absolute atomic E-state index is 11.3. The summed E-state index contributed by atoms with van der Waals surface area (Å²) < 4.78 is 4.66. The molecule has 17 heavy (non-hydrogen) atoms. The van der Waals surface area contributed by atoms with Gasteiger partial charge in [-0.25, -0.2) is 0 Å². The number of esters is 1. The molecule has 1 aromatic carbocycles. The van der Waals surface area contributed by atoms with Gasteiger partial charge in [0.2, 0.25) is 5.91 Å². The monoisotopic (exact) mass is 236 g/mol. The van der Waals surface area contributed by atoms with Crippen LogP contribution in [-0.4, -0.2) is 18.5 Å². The van der Waals surface area contributed by atoms with Gasteiger partial charge in [0.25, 0.3) is 0 Å². The Balaban J connectivity index is 2.33. The Bertz CT molecular complexity index is 387. The van der Waals surface area contributed by atoms with E-state index in [4.69, 9.17) is 5.73 Å². The highest BCUT2D eigenvalue weighted by Gasteiger charge is 2.09. The van der Waals surface area contributed by atoms with Crippen molar-refractivity contribution >= 4 is 17.6 Å². The highest BCUT2D eigenvalue weighted by molar-refractivity contribution is 5.94. The lowest BCUT2D eigenvalue weighted by Crippen LogP contribution is -2.26. The fourth-order valence-electron chi connectivity index (χ4n) is 1.24. The van der Waals surface area contributed by atoms with Crippen LogP contribution >= 0.6 is 0 Å². The molecule has 0 saturated carbocycles. The molecule has 0 spiro atoms. The largest absolute Gasteiger partial charge is 0.466 e. The number of nitrogens with two attached hydrogens (primary N) is 1. The maximum atomic E-state index is 11.3. The van der Waals surface area contributed by atoms with Crippen molar-refractivity contribution in [2.45, 2.75) is 19.9 Å². The first kappa shape index (κ1) is 13.0. The Morgan fingerprint density at radius 1 is 1.29 bits per heavy atom. The average Bonchev–Trinajstić information content (AvgIpc) is 2.28. The van der Waals surface area contributed by atoms with Crippen LogP contribution in [-0.2, 0) is 20.9 Å². The topological polar surface area (TPSA) is 81.4 Å². The molecule has 0 radical (unpaired) electrons. The number of nitrogens with one attached hydrogen (secondary N) is 1. The summed E-state index contributed by atoms with van der Waals surface area (Å²) in [5.41, 5.74) is 7.13. The number of rotatable bonds is 5. The molecule has 0 aliphatic heterocycles. The van der Waals surface area contributed by atoms with Gasteiger partial charge in [-0.1, -0.05) is 12.1 Å². The van der Waals surface area contributed by atoms with Gasteiger partial charge in [0, 0.05) is 12.2 Å². The van der Waals surface area contributed by atoms with Gasteiger partial charge in [-0.05, 0) is 24.6 Å². The third-order valence-corrected chi connectivity index (χ3v) is 2.08. The summed E-state index contributed by atoms with van der Waals surface area (Å²) in [5.74, 6) is -0.859. The second-order valence-corrected chi connectivity index (χ2v) is 3.50. The van der Waals surface area contributed by atoms with Crippen LogP contribution in [0.25, 0.3) is 0 Å². The summed E-state index contributed by atoms with van der Waals surface area (Å²) in [5, 5.41) is 2.63. The van der Waals surface area contributed by atoms with E-state index in [0.717, 1.165) is 5.56 Å². The third kappa shape index (κ3) is 5.01. The fraction of sp³-hybridized carbons (Fsp3) is 0.333. The van der Waals surface area contributed by atoms with Crippen LogP contribution in [0.4, 0.5) is 5.69 Å². The quantitative estimate of drug-likeness (QED) is 0.451. The summed E-state index contributed by atoms with van der Waals surface area (Å²) in [6.45, 7) is 2.35. The van der Waals surface area contributed by atoms with E-state index in [2.05, 4.69) is 10.1 Å². The molecule has 0 heterocycles. The molecular formula is C12H16N2O3. The lowest BCUT2D eigenvalue weighted by atomic mass is 10.2. The van der Waals surface area contributed by atoms with Crippen LogP contribution in [0.3, 0.4) is 0 Å². The van der Waals surface area contributed by atoms with Gasteiger partial charge in [-0.3, -0.25) is 9.59 Å². The molecule has 0 aromatic heterocycles. The van der Waals surface area contributed by atoms with Crippen LogP contribution < -0.4 is 11.1 Å². The van der Waals surface area contributed by atoms with Crippen LogP contribution in [0, 0.1) is 0 Å². The van der Waals surface area contributed by atoms with Crippen molar-refractivity contribution in [1.82, 2.24) is 5.32 Å². The highest BCUT2D eigenvalue weighted by Crippen LogP contribution is 2.04. The van der Waals surface area contributed by atoms with Gasteiger partial charge in [-0.15, -0.1) is 0 Å². The highest BCUT2D eigenvalue weighted by atomic mass is 16.5. The molecule has 1 aromatic rings. The van der Waals surface area contributed by atoms with Gasteiger partial charge < -0.3 is 15.8 Å². The molecule has 92 valence electrons. The van der Waals surface area contributed by atoms with Crippen LogP contribution in [0.2, 0.25) is 0 Å². The number of hydrogen-bond acceptors (Lipinski definition) is 4. The van der Waals surface area contributed by atoms with Crippen molar-refractivity contribution < 1.29 is 14.3 Å². The number of benzene rings is 1. The van der Waals surface area contributed by atoms with Crippen molar-refractivity contribution in [3.63, 3.8) is 0 Å². The normalized spacial score (nSPS) is 9.71. The van der Waals surface area contributed by atoms with E-state index in [0.29, 0.717) is 12.2 Å². The lowest BCUT2D eigenvalue weighted by Gasteiger charge is -2.05. The van der Waals surface area contributed by atoms with Gasteiger partial charge in [0.05, 0.1) is 6.61 Å². The SMILES string of the molecule is CCOC(=O)CC(=O)NCc1ccc(N)cc1. The van der Waals surface area contributed by atoms with Crippen molar-refractivity contribution in [3.8, 4) is 0 Å². The van der Waals surface area contributed by atoms with Crippen molar-refractivity contribution in [2.75, 3.05) is 12.3 Å². The Morgan fingerprint density at radius 2 is 1.94 bits per heavy atom. The molecule has 0 unspecified atom stereocenters. The maximum Gasteiger partial charge on any atom is 0.315 e. The molecule has 5 nitrogen and oxygen atoms in total. The van der Waals surface area contributed by atoms with Crippen molar-refractivity contribution in [1.29, 1.82) is 0 Å². The number of carbonyl (C=O) groups excluding carboxylic acids is 2. The van der Waals surface area contributed by atoms with E-state index in [1.54, 1.807) is 19.1 Å². The van der Waals surface area contributed by atoms with E-state index in [1.165, 1.54) is 0 Å². The predicted octanol–water partition coefficient (Wildman–Crippen LogP) is 0.838. The molecule has 0 bridgehead atoms. The van der Waals surface area contributed by atoms with Crippen molar-refractivity contribution in [2.24, 2.45) is 0 Å². The third-order valence-electron chi connectivity index (χ3n) is 2.08. The van der Waals surface area contributed by atoms with Gasteiger partial charge in [0.15, 0.2) is 0 Å². The van der Waals surface area contributed by atoms with Gasteiger partial charge in [-0.2, -0.15) is 0 Å². The minimum atomic E-state index is -0.512. The lowest BCUT2D eigenvalue weighted by molar-refractivity contribution is -0.146. The predicted molar refractivity (Wildman–Crippen MR) is 64.0 cm³/mol. The molecule has 1 rings (SSSR count). The zero-order valence-corrected chi connectivity index (χ0v) is 9.73. The molecule has 5 heteroatoms. The number of carbonyl (C=O) groups is 2. The Hall–Kier alpha value is -2.04. The fourth-order valence-corrected chi connectivity index (χ4v) is 1.24. The second kappa shape index (κ2) is 6.52. The molecule has 3 N–H and O–H groups in total. The summed E-state index contributed by atoms with van der Waals surface area (Å²) in [4.78, 5) is 22.3. The van der Waals surface area contributed by atoms with Crippen molar-refractivity contribution in [3.05, 3.63) is 29.8 Å². The molecule has 0 aliphatic rings. The van der Waals surface area contributed by atoms with Gasteiger partial charge in [0.1, 0.15) is 6.42 Å². The van der Waals surface area contributed by atoms with Crippen LogP contribution in [0.1, 0.15) is 18.9 Å². The van der Waals surface area contributed by atoms with Crippen LogP contribution in [0.15, 0.2) is 24.3 Å². The van der Waals surface area contributed by atoms with E-state index in [1.807, 2.05) is 12.1 Å². The Kier molecular flexibility index (Phi) is 5.00. The van der Waals surface area contributed by atoms with E-state index >= 15 is 0 Å². The molecule has 1 amide bonds. The molecule has 0 fully saturated rings. The molecule has 0 aliphatic carbocycles. The summed E-state index contributed by atoms with van der Waals surface area (Å²) in [6.07, 6.45) is -0.247. The zero-order valence-electron chi connectivity index (χ0n) is 9.73. The number of anilines is 1. The zero-order chi connectivity index (χ0) is 12.7. The summed E-state index contributed by atoms with van der Waals surface area (Å²) >= 11 is 0. The van der Waals surface area contributed by atoms with E-state index in [9.17, 15) is 9.59 Å².